The lowest BCUT2D eigenvalue weighted by atomic mass is 9.89. The van der Waals surface area contributed by atoms with E-state index in [0.29, 0.717) is 17.5 Å². The number of rotatable bonds is 4. The Labute approximate surface area is 296 Å². The van der Waals surface area contributed by atoms with Gasteiger partial charge in [0.15, 0.2) is 17.5 Å². The van der Waals surface area contributed by atoms with Gasteiger partial charge in [0.1, 0.15) is 11.2 Å². The van der Waals surface area contributed by atoms with Gasteiger partial charge in [0.2, 0.25) is 0 Å². The molecule has 52 heavy (non-hydrogen) atoms. The highest BCUT2D eigenvalue weighted by atomic mass is 16.3. The first-order chi connectivity index (χ1) is 25.8. The summed E-state index contributed by atoms with van der Waals surface area (Å²) in [5.41, 5.74) is 7.89. The van der Waals surface area contributed by atoms with E-state index < -0.39 is 0 Å². The Hall–Kier alpha value is -7.11. The third-order valence-corrected chi connectivity index (χ3v) is 10.7. The highest BCUT2D eigenvalue weighted by Gasteiger charge is 2.22. The molecule has 0 saturated carbocycles. The number of benzene rings is 9. The predicted octanol–water partition coefficient (Wildman–Crippen LogP) is 12.2. The van der Waals surface area contributed by atoms with E-state index in [-0.39, 0.29) is 0 Å². The highest BCUT2D eigenvalue weighted by molar-refractivity contribution is 6.40. The number of para-hydroxylation sites is 1. The van der Waals surface area contributed by atoms with Crippen LogP contribution < -0.4 is 0 Å². The molecule has 5 nitrogen and oxygen atoms in total. The quantitative estimate of drug-likeness (QED) is 0.139. The van der Waals surface area contributed by atoms with Crippen LogP contribution in [0.15, 0.2) is 162 Å². The largest absolute Gasteiger partial charge is 0.456 e. The van der Waals surface area contributed by atoms with E-state index in [1.54, 1.807) is 0 Å². The van der Waals surface area contributed by atoms with Crippen LogP contribution in [-0.4, -0.2) is 19.5 Å². The van der Waals surface area contributed by atoms with Crippen molar-refractivity contribution in [3.63, 3.8) is 0 Å². The lowest BCUT2D eigenvalue weighted by molar-refractivity contribution is 0.669. The van der Waals surface area contributed by atoms with E-state index in [0.717, 1.165) is 44.3 Å². The normalized spacial score (nSPS) is 12.2. The Kier molecular flexibility index (Phi) is 5.44. The van der Waals surface area contributed by atoms with Gasteiger partial charge < -0.3 is 8.98 Å². The number of hydrogen-bond acceptors (Lipinski definition) is 4. The molecule has 0 atom stereocenters. The molecule has 9 aromatic carbocycles. The molecule has 12 rings (SSSR count). The Morgan fingerprint density at radius 2 is 0.981 bits per heavy atom. The number of hydrogen-bond donors (Lipinski definition) is 0. The van der Waals surface area contributed by atoms with Crippen molar-refractivity contribution in [2.75, 3.05) is 0 Å². The molecule has 0 aliphatic carbocycles. The van der Waals surface area contributed by atoms with E-state index in [4.69, 9.17) is 19.4 Å². The summed E-state index contributed by atoms with van der Waals surface area (Å²) >= 11 is 0. The second-order valence-corrected chi connectivity index (χ2v) is 13.6. The van der Waals surface area contributed by atoms with E-state index >= 15 is 0 Å². The summed E-state index contributed by atoms with van der Waals surface area (Å²) in [6, 6.07) is 55.4. The topological polar surface area (TPSA) is 56.7 Å². The maximum Gasteiger partial charge on any atom is 0.164 e. The molecular weight excluding hydrogens is 637 g/mol. The maximum absolute atomic E-state index is 6.13. The summed E-state index contributed by atoms with van der Waals surface area (Å²) in [7, 11) is 0. The minimum atomic E-state index is 0.613. The molecule has 3 heterocycles. The van der Waals surface area contributed by atoms with E-state index in [1.807, 2.05) is 60.7 Å². The SMILES string of the molecule is c1ccc(-c2nc(-c3cccc(-n4c5cccc6c7cccc8ccc9ccc4c(c9c87)c65)c3)nc(-c3ccc4oc5ccccc5c4c3)n2)cc1. The van der Waals surface area contributed by atoms with Crippen LogP contribution in [0.3, 0.4) is 0 Å². The third-order valence-electron chi connectivity index (χ3n) is 10.7. The molecule has 240 valence electrons. The minimum Gasteiger partial charge on any atom is -0.456 e. The van der Waals surface area contributed by atoms with Gasteiger partial charge in [0, 0.05) is 49.3 Å². The van der Waals surface area contributed by atoms with Crippen molar-refractivity contribution in [3.8, 4) is 39.9 Å². The zero-order valence-corrected chi connectivity index (χ0v) is 27.7. The lowest BCUT2D eigenvalue weighted by Gasteiger charge is -2.13. The van der Waals surface area contributed by atoms with Crippen LogP contribution in [0.4, 0.5) is 0 Å². The molecule has 0 fully saturated rings. The van der Waals surface area contributed by atoms with Crippen molar-refractivity contribution in [2.24, 2.45) is 0 Å². The van der Waals surface area contributed by atoms with Crippen LogP contribution in [0, 0.1) is 0 Å². The fraction of sp³-hybridized carbons (Fsp3) is 0. The molecule has 0 N–H and O–H groups in total. The molecule has 12 aromatic rings. The van der Waals surface area contributed by atoms with E-state index in [2.05, 4.69) is 102 Å². The molecule has 0 amide bonds. The summed E-state index contributed by atoms with van der Waals surface area (Å²) in [5.74, 6) is 1.86. The molecule has 0 aliphatic heterocycles. The van der Waals surface area contributed by atoms with Crippen molar-refractivity contribution in [3.05, 3.63) is 158 Å². The molecule has 0 aliphatic rings. The summed E-state index contributed by atoms with van der Waals surface area (Å²) in [4.78, 5) is 15.3. The summed E-state index contributed by atoms with van der Waals surface area (Å²) in [6.45, 7) is 0. The van der Waals surface area contributed by atoms with Gasteiger partial charge in [-0.15, -0.1) is 0 Å². The van der Waals surface area contributed by atoms with Crippen molar-refractivity contribution >= 4 is 76.1 Å². The van der Waals surface area contributed by atoms with Gasteiger partial charge >= 0.3 is 0 Å². The second-order valence-electron chi connectivity index (χ2n) is 13.6. The van der Waals surface area contributed by atoms with E-state index in [9.17, 15) is 0 Å². The van der Waals surface area contributed by atoms with Gasteiger partial charge in [0.05, 0.1) is 11.0 Å². The number of aromatic nitrogens is 4. The van der Waals surface area contributed by atoms with Gasteiger partial charge in [-0.05, 0) is 75.5 Å². The van der Waals surface area contributed by atoms with Crippen LogP contribution in [0.5, 0.6) is 0 Å². The molecule has 0 bridgehead atoms. The molecule has 5 heteroatoms. The van der Waals surface area contributed by atoms with Crippen LogP contribution in [0.1, 0.15) is 0 Å². The third kappa shape index (κ3) is 3.79. The molecule has 3 aromatic heterocycles. The van der Waals surface area contributed by atoms with Gasteiger partial charge in [-0.1, -0.05) is 109 Å². The fourth-order valence-electron chi connectivity index (χ4n) is 8.47. The first-order valence-electron chi connectivity index (χ1n) is 17.5. The Bertz CT molecular complexity index is 3360. The van der Waals surface area contributed by atoms with Crippen molar-refractivity contribution in [2.45, 2.75) is 0 Å². The summed E-state index contributed by atoms with van der Waals surface area (Å²) in [5, 5.41) is 12.5. The van der Waals surface area contributed by atoms with Crippen LogP contribution in [0.2, 0.25) is 0 Å². The average molecular weight is 663 g/mol. The van der Waals surface area contributed by atoms with Crippen molar-refractivity contribution in [1.29, 1.82) is 0 Å². The number of fused-ring (bicyclic) bond motifs is 4. The predicted molar refractivity (Wildman–Crippen MR) is 213 cm³/mol. The minimum absolute atomic E-state index is 0.613. The smallest absolute Gasteiger partial charge is 0.164 e. The van der Waals surface area contributed by atoms with Crippen LogP contribution in [-0.2, 0) is 0 Å². The van der Waals surface area contributed by atoms with Crippen LogP contribution >= 0.6 is 0 Å². The number of nitrogens with zero attached hydrogens (tertiary/aromatic N) is 4. The first-order valence-corrected chi connectivity index (χ1v) is 17.5. The molecular formula is C47H26N4O. The maximum atomic E-state index is 6.13. The van der Waals surface area contributed by atoms with Gasteiger partial charge in [-0.25, -0.2) is 15.0 Å². The average Bonchev–Trinajstić information content (AvgIpc) is 3.76. The summed E-state index contributed by atoms with van der Waals surface area (Å²) < 4.78 is 8.54. The zero-order valence-electron chi connectivity index (χ0n) is 27.7. The molecule has 0 spiro atoms. The van der Waals surface area contributed by atoms with Crippen LogP contribution in [0.25, 0.3) is 116 Å². The standard InChI is InChI=1S/C47H26N4O/c1-2-9-29(10-3-1)45-48-46(50-47(49-45)31-22-24-40-36(26-31)33-14-4-5-18-39(33)52-40)30-12-6-13-32(25-30)51-37-17-8-16-35-34-15-7-11-27-19-20-28-21-23-38(51)44(43(35)37)42(28)41(27)34/h1-26H. The monoisotopic (exact) mass is 662 g/mol. The van der Waals surface area contributed by atoms with Gasteiger partial charge in [-0.2, -0.15) is 0 Å². The van der Waals surface area contributed by atoms with Gasteiger partial charge in [0.25, 0.3) is 0 Å². The summed E-state index contributed by atoms with van der Waals surface area (Å²) in [6.07, 6.45) is 0. The molecule has 0 saturated heterocycles. The fourth-order valence-corrected chi connectivity index (χ4v) is 8.47. The van der Waals surface area contributed by atoms with Crippen molar-refractivity contribution < 1.29 is 4.42 Å². The van der Waals surface area contributed by atoms with Gasteiger partial charge in [-0.3, -0.25) is 0 Å². The molecule has 0 unspecified atom stereocenters. The first kappa shape index (κ1) is 27.7. The Balaban J connectivity index is 1.09. The van der Waals surface area contributed by atoms with E-state index in [1.165, 1.54) is 54.1 Å². The number of furan rings is 1. The Morgan fingerprint density at radius 3 is 1.85 bits per heavy atom. The highest BCUT2D eigenvalue weighted by Crippen LogP contribution is 2.47. The second kappa shape index (κ2) is 10.2. The lowest BCUT2D eigenvalue weighted by Crippen LogP contribution is -2.01. The molecule has 0 radical (unpaired) electrons. The Morgan fingerprint density at radius 1 is 0.365 bits per heavy atom. The van der Waals surface area contributed by atoms with Crippen molar-refractivity contribution in [1.82, 2.24) is 19.5 Å². The zero-order chi connectivity index (χ0) is 33.9.